The van der Waals surface area contributed by atoms with Crippen LogP contribution in [-0.4, -0.2) is 41.1 Å². The molecule has 0 aliphatic carbocycles. The molecule has 1 aliphatic heterocycles. The van der Waals surface area contributed by atoms with Gasteiger partial charge >= 0.3 is 0 Å². The highest BCUT2D eigenvalue weighted by molar-refractivity contribution is 7.80. The van der Waals surface area contributed by atoms with Crippen LogP contribution in [-0.2, 0) is 0 Å². The number of hydrogen-bond donors (Lipinski definition) is 1. The van der Waals surface area contributed by atoms with Crippen molar-refractivity contribution in [3.05, 3.63) is 101 Å². The van der Waals surface area contributed by atoms with Gasteiger partial charge in [-0.05, 0) is 48.0 Å². The second-order valence-corrected chi connectivity index (χ2v) is 8.38. The third-order valence-electron chi connectivity index (χ3n) is 5.71. The summed E-state index contributed by atoms with van der Waals surface area (Å²) in [5, 5.41) is 4.89. The number of rotatable bonds is 4. The van der Waals surface area contributed by atoms with E-state index in [1.807, 2.05) is 25.1 Å². The van der Waals surface area contributed by atoms with Crippen molar-refractivity contribution in [2.75, 3.05) is 31.5 Å². The molecule has 0 radical (unpaired) electrons. The molecule has 154 valence electrons. The molecule has 30 heavy (non-hydrogen) atoms. The van der Waals surface area contributed by atoms with Crippen LogP contribution in [0.15, 0.2) is 78.9 Å². The normalized spacial score (nSPS) is 14.7. The third-order valence-corrected chi connectivity index (χ3v) is 6.48. The zero-order valence-electron chi connectivity index (χ0n) is 17.1. The topological polar surface area (TPSA) is 18.5 Å². The van der Waals surface area contributed by atoms with Crippen LogP contribution in [0.1, 0.15) is 22.7 Å². The first-order chi connectivity index (χ1) is 14.6. The lowest BCUT2D eigenvalue weighted by atomic mass is 9.96. The van der Waals surface area contributed by atoms with Gasteiger partial charge in [-0.25, -0.2) is 0 Å². The van der Waals surface area contributed by atoms with Crippen molar-refractivity contribution in [3.8, 4) is 0 Å². The Morgan fingerprint density at radius 3 is 1.97 bits per heavy atom. The van der Waals surface area contributed by atoms with E-state index < -0.39 is 0 Å². The highest BCUT2D eigenvalue weighted by atomic mass is 35.5. The van der Waals surface area contributed by atoms with E-state index in [-0.39, 0.29) is 6.04 Å². The van der Waals surface area contributed by atoms with Crippen molar-refractivity contribution >= 4 is 34.6 Å². The lowest BCUT2D eigenvalue weighted by Gasteiger charge is -2.40. The SMILES string of the molecule is Cc1c(Cl)cccc1NC(=S)N1CCN(C(c2ccccc2)c2ccccc2)CC1. The van der Waals surface area contributed by atoms with Crippen molar-refractivity contribution in [1.82, 2.24) is 9.80 Å². The number of anilines is 1. The first-order valence-corrected chi connectivity index (χ1v) is 11.1. The van der Waals surface area contributed by atoms with Crippen LogP contribution in [0.2, 0.25) is 5.02 Å². The molecular formula is C25H26ClN3S. The van der Waals surface area contributed by atoms with E-state index >= 15 is 0 Å². The maximum atomic E-state index is 6.25. The molecule has 3 aromatic rings. The summed E-state index contributed by atoms with van der Waals surface area (Å²) in [5.74, 6) is 0. The number of benzene rings is 3. The van der Waals surface area contributed by atoms with Gasteiger partial charge in [0.15, 0.2) is 5.11 Å². The Morgan fingerprint density at radius 1 is 0.833 bits per heavy atom. The van der Waals surface area contributed by atoms with E-state index in [0.29, 0.717) is 0 Å². The number of nitrogens with zero attached hydrogens (tertiary/aromatic N) is 2. The van der Waals surface area contributed by atoms with Gasteiger partial charge in [-0.1, -0.05) is 78.3 Å². The van der Waals surface area contributed by atoms with Gasteiger partial charge in [0.2, 0.25) is 0 Å². The summed E-state index contributed by atoms with van der Waals surface area (Å²) in [7, 11) is 0. The molecule has 0 atom stereocenters. The second-order valence-electron chi connectivity index (χ2n) is 7.59. The Kier molecular flexibility index (Phi) is 6.68. The summed E-state index contributed by atoms with van der Waals surface area (Å²) in [4.78, 5) is 4.80. The van der Waals surface area contributed by atoms with Crippen LogP contribution >= 0.6 is 23.8 Å². The molecule has 1 N–H and O–H groups in total. The fourth-order valence-electron chi connectivity index (χ4n) is 4.01. The second kappa shape index (κ2) is 9.61. The lowest BCUT2D eigenvalue weighted by Crippen LogP contribution is -2.51. The van der Waals surface area contributed by atoms with Crippen molar-refractivity contribution in [2.45, 2.75) is 13.0 Å². The van der Waals surface area contributed by atoms with Gasteiger partial charge in [-0.15, -0.1) is 0 Å². The molecule has 1 fully saturated rings. The minimum Gasteiger partial charge on any atom is -0.346 e. The van der Waals surface area contributed by atoms with Crippen LogP contribution in [0.5, 0.6) is 0 Å². The largest absolute Gasteiger partial charge is 0.346 e. The molecule has 0 bridgehead atoms. The van der Waals surface area contributed by atoms with Crippen LogP contribution in [0.3, 0.4) is 0 Å². The molecule has 0 amide bonds. The van der Waals surface area contributed by atoms with Crippen LogP contribution in [0, 0.1) is 6.92 Å². The van der Waals surface area contributed by atoms with Crippen molar-refractivity contribution in [1.29, 1.82) is 0 Å². The van der Waals surface area contributed by atoms with Gasteiger partial charge in [-0.2, -0.15) is 0 Å². The number of hydrogen-bond acceptors (Lipinski definition) is 2. The Bertz CT molecular complexity index is 946. The highest BCUT2D eigenvalue weighted by Crippen LogP contribution is 2.30. The number of thiocarbonyl (C=S) groups is 1. The molecule has 1 saturated heterocycles. The first-order valence-electron chi connectivity index (χ1n) is 10.3. The van der Waals surface area contributed by atoms with E-state index in [4.69, 9.17) is 23.8 Å². The Morgan fingerprint density at radius 2 is 1.40 bits per heavy atom. The predicted molar refractivity (Wildman–Crippen MR) is 130 cm³/mol. The summed E-state index contributed by atoms with van der Waals surface area (Å²) in [6.45, 7) is 5.69. The van der Waals surface area contributed by atoms with Gasteiger partial charge in [0.05, 0.1) is 6.04 Å². The van der Waals surface area contributed by atoms with Gasteiger partial charge in [0.25, 0.3) is 0 Å². The van der Waals surface area contributed by atoms with E-state index in [9.17, 15) is 0 Å². The Labute approximate surface area is 189 Å². The summed E-state index contributed by atoms with van der Waals surface area (Å²) in [5.41, 5.74) is 4.65. The smallest absolute Gasteiger partial charge is 0.173 e. The van der Waals surface area contributed by atoms with Gasteiger partial charge in [-0.3, -0.25) is 4.90 Å². The quantitative estimate of drug-likeness (QED) is 0.525. The fraction of sp³-hybridized carbons (Fsp3) is 0.240. The lowest BCUT2D eigenvalue weighted by molar-refractivity contribution is 0.151. The minimum atomic E-state index is 0.256. The minimum absolute atomic E-state index is 0.256. The molecule has 3 aromatic carbocycles. The summed E-state index contributed by atoms with van der Waals surface area (Å²) in [6.07, 6.45) is 0. The summed E-state index contributed by atoms with van der Waals surface area (Å²) >= 11 is 12.0. The maximum Gasteiger partial charge on any atom is 0.173 e. The molecule has 3 nitrogen and oxygen atoms in total. The first kappa shape index (κ1) is 20.9. The fourth-order valence-corrected chi connectivity index (χ4v) is 4.47. The monoisotopic (exact) mass is 435 g/mol. The van der Waals surface area contributed by atoms with E-state index in [0.717, 1.165) is 47.6 Å². The summed E-state index contributed by atoms with van der Waals surface area (Å²) in [6, 6.07) is 27.6. The number of nitrogens with one attached hydrogen (secondary N) is 1. The van der Waals surface area contributed by atoms with Gasteiger partial charge in [0, 0.05) is 36.9 Å². The zero-order valence-corrected chi connectivity index (χ0v) is 18.7. The molecule has 0 spiro atoms. The van der Waals surface area contributed by atoms with Crippen molar-refractivity contribution in [2.24, 2.45) is 0 Å². The predicted octanol–water partition coefficient (Wildman–Crippen LogP) is 5.75. The van der Waals surface area contributed by atoms with E-state index in [1.54, 1.807) is 0 Å². The molecule has 1 aliphatic rings. The average Bonchev–Trinajstić information content (AvgIpc) is 2.79. The van der Waals surface area contributed by atoms with E-state index in [2.05, 4.69) is 75.8 Å². The molecule has 4 rings (SSSR count). The summed E-state index contributed by atoms with van der Waals surface area (Å²) < 4.78 is 0. The van der Waals surface area contributed by atoms with Gasteiger partial charge < -0.3 is 10.2 Å². The molecular weight excluding hydrogens is 410 g/mol. The Balaban J connectivity index is 1.46. The van der Waals surface area contributed by atoms with Crippen molar-refractivity contribution < 1.29 is 0 Å². The standard InChI is InChI=1S/C25H26ClN3S/c1-19-22(26)13-8-14-23(19)27-25(30)29-17-15-28(16-18-29)24(20-9-4-2-5-10-20)21-11-6-3-7-12-21/h2-14,24H,15-18H2,1H3,(H,27,30). The average molecular weight is 436 g/mol. The van der Waals surface area contributed by atoms with Crippen LogP contribution in [0.25, 0.3) is 0 Å². The third kappa shape index (κ3) is 4.67. The van der Waals surface area contributed by atoms with Gasteiger partial charge in [0.1, 0.15) is 0 Å². The highest BCUT2D eigenvalue weighted by Gasteiger charge is 2.27. The van der Waals surface area contributed by atoms with Crippen LogP contribution in [0.4, 0.5) is 5.69 Å². The zero-order chi connectivity index (χ0) is 20.9. The van der Waals surface area contributed by atoms with E-state index in [1.165, 1.54) is 11.1 Å². The van der Waals surface area contributed by atoms with Crippen LogP contribution < -0.4 is 5.32 Å². The molecule has 0 unspecified atom stereocenters. The molecule has 0 saturated carbocycles. The molecule has 5 heteroatoms. The van der Waals surface area contributed by atoms with Crippen molar-refractivity contribution in [3.63, 3.8) is 0 Å². The maximum absolute atomic E-state index is 6.25. The molecule has 0 aromatic heterocycles. The number of halogens is 1. The molecule has 1 heterocycles. The number of piperazine rings is 1. The Hall–Kier alpha value is -2.40.